The van der Waals surface area contributed by atoms with Crippen molar-refractivity contribution in [2.45, 2.75) is 12.5 Å². The molecule has 4 nitrogen and oxygen atoms in total. The number of rotatable bonds is 2. The van der Waals surface area contributed by atoms with Crippen LogP contribution in [-0.4, -0.2) is 42.5 Å². The molecule has 1 aliphatic carbocycles. The number of hydrogen-bond donors (Lipinski definition) is 1. The van der Waals surface area contributed by atoms with Gasteiger partial charge in [0.1, 0.15) is 0 Å². The van der Waals surface area contributed by atoms with Crippen molar-refractivity contribution < 1.29 is 4.79 Å². The predicted molar refractivity (Wildman–Crippen MR) is 110 cm³/mol. The van der Waals surface area contributed by atoms with Gasteiger partial charge in [-0.05, 0) is 48.4 Å². The third-order valence-electron chi connectivity index (χ3n) is 6.06. The Hall–Kier alpha value is -2.85. The summed E-state index contributed by atoms with van der Waals surface area (Å²) in [5.41, 5.74) is 6.05. The topological polar surface area (TPSA) is 39.3 Å². The zero-order valence-corrected chi connectivity index (χ0v) is 15.6. The molecule has 1 amide bonds. The van der Waals surface area contributed by atoms with Crippen LogP contribution in [0.15, 0.2) is 60.8 Å². The number of anilines is 1. The number of hydrogen-bond acceptors (Lipinski definition) is 2. The van der Waals surface area contributed by atoms with E-state index in [9.17, 15) is 4.79 Å². The van der Waals surface area contributed by atoms with Crippen LogP contribution >= 0.6 is 0 Å². The van der Waals surface area contributed by atoms with E-state index in [4.69, 9.17) is 0 Å². The predicted octanol–water partition coefficient (Wildman–Crippen LogP) is 3.70. The molecular formula is C23H23N3O. The van der Waals surface area contributed by atoms with Gasteiger partial charge in [-0.1, -0.05) is 36.4 Å². The van der Waals surface area contributed by atoms with E-state index in [1.165, 1.54) is 27.6 Å². The first kappa shape index (κ1) is 16.3. The van der Waals surface area contributed by atoms with Crippen LogP contribution in [0, 0.1) is 5.92 Å². The lowest BCUT2D eigenvalue weighted by atomic mass is 9.79. The van der Waals surface area contributed by atoms with Crippen LogP contribution in [0.5, 0.6) is 0 Å². The van der Waals surface area contributed by atoms with Gasteiger partial charge in [-0.15, -0.1) is 0 Å². The fraction of sp³-hybridized carbons (Fsp3) is 0.261. The van der Waals surface area contributed by atoms with Crippen LogP contribution < -0.4 is 4.90 Å². The third kappa shape index (κ3) is 2.52. The first-order valence-corrected chi connectivity index (χ1v) is 9.47. The highest BCUT2D eigenvalue weighted by atomic mass is 16.2. The van der Waals surface area contributed by atoms with Gasteiger partial charge in [-0.25, -0.2) is 0 Å². The van der Waals surface area contributed by atoms with Gasteiger partial charge in [-0.3, -0.25) is 9.69 Å². The maximum atomic E-state index is 13.2. The van der Waals surface area contributed by atoms with E-state index < -0.39 is 0 Å². The van der Waals surface area contributed by atoms with E-state index in [-0.39, 0.29) is 11.8 Å². The van der Waals surface area contributed by atoms with E-state index in [1.54, 1.807) is 4.90 Å². The van der Waals surface area contributed by atoms with Gasteiger partial charge in [0.05, 0.1) is 5.92 Å². The lowest BCUT2D eigenvalue weighted by Gasteiger charge is -2.40. The van der Waals surface area contributed by atoms with E-state index in [2.05, 4.69) is 47.4 Å². The summed E-state index contributed by atoms with van der Waals surface area (Å²) >= 11 is 0. The smallest absolute Gasteiger partial charge is 0.234 e. The second-order valence-corrected chi connectivity index (χ2v) is 7.66. The summed E-state index contributed by atoms with van der Waals surface area (Å²) in [5, 5.41) is 1.32. The van der Waals surface area contributed by atoms with Crippen molar-refractivity contribution in [2.75, 3.05) is 25.5 Å². The summed E-state index contributed by atoms with van der Waals surface area (Å²) in [4.78, 5) is 20.7. The fourth-order valence-corrected chi connectivity index (χ4v) is 4.63. The van der Waals surface area contributed by atoms with E-state index in [1.807, 2.05) is 37.4 Å². The number of benzene rings is 2. The number of fused-ring (bicyclic) bond motifs is 2. The fourth-order valence-electron chi connectivity index (χ4n) is 4.63. The molecular weight excluding hydrogens is 334 g/mol. The monoisotopic (exact) mass is 357 g/mol. The van der Waals surface area contributed by atoms with Crippen molar-refractivity contribution in [3.8, 4) is 0 Å². The number of nitrogens with zero attached hydrogens (tertiary/aromatic N) is 2. The maximum absolute atomic E-state index is 13.2. The minimum atomic E-state index is -0.137. The Bertz CT molecular complexity index is 1050. The van der Waals surface area contributed by atoms with E-state index >= 15 is 0 Å². The van der Waals surface area contributed by atoms with Crippen molar-refractivity contribution in [1.29, 1.82) is 0 Å². The summed E-state index contributed by atoms with van der Waals surface area (Å²) in [5.74, 6) is 0.00763. The number of likely N-dealkylation sites (N-methyl/N-ethyl adjacent to an activating group) is 1. The highest BCUT2D eigenvalue weighted by molar-refractivity contribution is 6.01. The number of carbonyl (C=O) groups is 1. The minimum absolute atomic E-state index is 0.137. The van der Waals surface area contributed by atoms with Crippen LogP contribution in [-0.2, 0) is 11.2 Å². The number of aromatic amines is 1. The molecule has 0 saturated heterocycles. The number of nitrogens with one attached hydrogen (secondary N) is 1. The van der Waals surface area contributed by atoms with Gasteiger partial charge in [0.2, 0.25) is 5.91 Å². The largest absolute Gasteiger partial charge is 0.361 e. The summed E-state index contributed by atoms with van der Waals surface area (Å²) in [7, 11) is 4.01. The summed E-state index contributed by atoms with van der Waals surface area (Å²) < 4.78 is 0. The van der Waals surface area contributed by atoms with Crippen molar-refractivity contribution in [3.63, 3.8) is 0 Å². The number of amides is 1. The van der Waals surface area contributed by atoms with Gasteiger partial charge in [0, 0.05) is 42.4 Å². The highest BCUT2D eigenvalue weighted by Gasteiger charge is 2.36. The molecule has 1 N–H and O–H groups in total. The lowest BCUT2D eigenvalue weighted by Crippen LogP contribution is -2.47. The molecule has 4 heteroatoms. The molecule has 136 valence electrons. The Morgan fingerprint density at radius 1 is 1.15 bits per heavy atom. The Balaban J connectivity index is 1.56. The Labute approximate surface area is 159 Å². The molecule has 3 aromatic rings. The third-order valence-corrected chi connectivity index (χ3v) is 6.06. The van der Waals surface area contributed by atoms with Gasteiger partial charge >= 0.3 is 0 Å². The molecule has 0 unspecified atom stereocenters. The average molecular weight is 357 g/mol. The normalized spacial score (nSPS) is 21.6. The first-order chi connectivity index (χ1) is 13.1. The van der Waals surface area contributed by atoms with Crippen LogP contribution in [0.25, 0.3) is 16.5 Å². The molecule has 2 aliphatic rings. The Kier molecular flexibility index (Phi) is 3.69. The standard InChI is InChI=1S/C23H23N3O/c1-25-14-16(23(27)26(2)17-7-4-3-5-8-17)11-19-18-9-6-10-20-22(18)15(13-24-20)12-21(19)25/h3-11,13,16,21,24H,12,14H2,1-2H3/t16-,21-/m1/s1. The van der Waals surface area contributed by atoms with E-state index in [0.29, 0.717) is 6.04 Å². The molecule has 2 aromatic carbocycles. The van der Waals surface area contributed by atoms with E-state index in [0.717, 1.165) is 18.7 Å². The molecule has 27 heavy (non-hydrogen) atoms. The van der Waals surface area contributed by atoms with Gasteiger partial charge in [0.15, 0.2) is 0 Å². The molecule has 5 rings (SSSR count). The molecule has 0 radical (unpaired) electrons. The van der Waals surface area contributed by atoms with Gasteiger partial charge < -0.3 is 9.88 Å². The SMILES string of the molecule is CN(C(=O)[C@@H]1C=C2c3cccc4[nH]cc(c34)C[C@H]2N(C)C1)c1ccccc1. The van der Waals surface area contributed by atoms with Gasteiger partial charge in [0.25, 0.3) is 0 Å². The zero-order chi connectivity index (χ0) is 18.5. The lowest BCUT2D eigenvalue weighted by molar-refractivity contribution is -0.121. The van der Waals surface area contributed by atoms with Gasteiger partial charge in [-0.2, -0.15) is 0 Å². The molecule has 0 saturated carbocycles. The van der Waals surface area contributed by atoms with Crippen molar-refractivity contribution in [1.82, 2.24) is 9.88 Å². The van der Waals surface area contributed by atoms with Crippen LogP contribution in [0.3, 0.4) is 0 Å². The van der Waals surface area contributed by atoms with Crippen LogP contribution in [0.1, 0.15) is 11.1 Å². The summed E-state index contributed by atoms with van der Waals surface area (Å²) in [6, 6.07) is 16.6. The minimum Gasteiger partial charge on any atom is -0.361 e. The molecule has 0 bridgehead atoms. The second-order valence-electron chi connectivity index (χ2n) is 7.66. The zero-order valence-electron chi connectivity index (χ0n) is 15.6. The maximum Gasteiger partial charge on any atom is 0.234 e. The molecule has 1 aliphatic heterocycles. The number of aromatic nitrogens is 1. The number of H-pyrrole nitrogens is 1. The molecule has 2 heterocycles. The molecule has 0 spiro atoms. The van der Waals surface area contributed by atoms with Crippen molar-refractivity contribution >= 4 is 28.1 Å². The quantitative estimate of drug-likeness (QED) is 0.760. The highest BCUT2D eigenvalue weighted by Crippen LogP contribution is 2.41. The second kappa shape index (κ2) is 6.10. The number of para-hydroxylation sites is 1. The molecule has 1 aromatic heterocycles. The van der Waals surface area contributed by atoms with Crippen LogP contribution in [0.4, 0.5) is 5.69 Å². The number of carbonyl (C=O) groups excluding carboxylic acids is 1. The van der Waals surface area contributed by atoms with Crippen molar-refractivity contribution in [2.24, 2.45) is 5.92 Å². The molecule has 2 atom stereocenters. The molecule has 0 fully saturated rings. The van der Waals surface area contributed by atoms with Crippen molar-refractivity contribution in [3.05, 3.63) is 71.9 Å². The summed E-state index contributed by atoms with van der Waals surface area (Å²) in [6.45, 7) is 0.750. The van der Waals surface area contributed by atoms with Crippen LogP contribution in [0.2, 0.25) is 0 Å². The first-order valence-electron chi connectivity index (χ1n) is 9.47. The Morgan fingerprint density at radius 3 is 2.78 bits per heavy atom. The summed E-state index contributed by atoms with van der Waals surface area (Å²) in [6.07, 6.45) is 5.35. The Morgan fingerprint density at radius 2 is 1.96 bits per heavy atom. The average Bonchev–Trinajstić information content (AvgIpc) is 3.12.